The molecule has 0 saturated carbocycles. The van der Waals surface area contributed by atoms with Gasteiger partial charge in [-0.3, -0.25) is 0 Å². The van der Waals surface area contributed by atoms with E-state index in [0.29, 0.717) is 5.92 Å². The first kappa shape index (κ1) is 8.54. The SMILES string of the molecule is C=C1c2ccccc2OC2C=CC=CC12. The Bertz CT molecular complexity index is 468. The monoisotopic (exact) mass is 196 g/mol. The van der Waals surface area contributed by atoms with Gasteiger partial charge in [0.2, 0.25) is 0 Å². The van der Waals surface area contributed by atoms with Crippen molar-refractivity contribution in [3.63, 3.8) is 0 Å². The summed E-state index contributed by atoms with van der Waals surface area (Å²) in [5.74, 6) is 1.24. The Morgan fingerprint density at radius 1 is 1.07 bits per heavy atom. The maximum absolute atomic E-state index is 5.91. The molecule has 1 aromatic rings. The second kappa shape index (κ2) is 3.13. The van der Waals surface area contributed by atoms with Crippen molar-refractivity contribution >= 4 is 5.57 Å². The van der Waals surface area contributed by atoms with Crippen molar-refractivity contribution in [1.82, 2.24) is 0 Å². The molecule has 0 amide bonds. The van der Waals surface area contributed by atoms with Crippen LogP contribution in [0.15, 0.2) is 55.1 Å². The van der Waals surface area contributed by atoms with E-state index < -0.39 is 0 Å². The lowest BCUT2D eigenvalue weighted by molar-refractivity contribution is 0.214. The van der Waals surface area contributed by atoms with Crippen LogP contribution in [0.25, 0.3) is 5.57 Å². The lowest BCUT2D eigenvalue weighted by Gasteiger charge is -2.33. The predicted octanol–water partition coefficient (Wildman–Crippen LogP) is 3.20. The molecule has 15 heavy (non-hydrogen) atoms. The first-order chi connectivity index (χ1) is 7.36. The first-order valence-corrected chi connectivity index (χ1v) is 5.16. The van der Waals surface area contributed by atoms with Gasteiger partial charge in [-0.05, 0) is 17.7 Å². The fourth-order valence-electron chi connectivity index (χ4n) is 2.17. The minimum Gasteiger partial charge on any atom is -0.485 e. The molecule has 1 nitrogen and oxygen atoms in total. The Morgan fingerprint density at radius 3 is 2.80 bits per heavy atom. The van der Waals surface area contributed by atoms with Crippen LogP contribution in [0.4, 0.5) is 0 Å². The van der Waals surface area contributed by atoms with E-state index in [1.165, 1.54) is 0 Å². The Hall–Kier alpha value is -1.76. The Balaban J connectivity index is 2.11. The predicted molar refractivity (Wildman–Crippen MR) is 61.7 cm³/mol. The molecule has 74 valence electrons. The van der Waals surface area contributed by atoms with Crippen LogP contribution in [0.1, 0.15) is 5.56 Å². The molecule has 0 N–H and O–H groups in total. The number of allylic oxidation sites excluding steroid dienone is 2. The number of hydrogen-bond donors (Lipinski definition) is 0. The summed E-state index contributed by atoms with van der Waals surface area (Å²) in [7, 11) is 0. The van der Waals surface area contributed by atoms with E-state index in [9.17, 15) is 0 Å². The van der Waals surface area contributed by atoms with Gasteiger partial charge in [-0.2, -0.15) is 0 Å². The van der Waals surface area contributed by atoms with E-state index >= 15 is 0 Å². The van der Waals surface area contributed by atoms with Crippen molar-refractivity contribution in [2.75, 3.05) is 0 Å². The second-order valence-corrected chi connectivity index (χ2v) is 3.90. The summed E-state index contributed by atoms with van der Waals surface area (Å²) in [6.07, 6.45) is 8.46. The highest BCUT2D eigenvalue weighted by Gasteiger charge is 2.30. The number of rotatable bonds is 0. The van der Waals surface area contributed by atoms with Crippen LogP contribution in [0, 0.1) is 5.92 Å². The third-order valence-corrected chi connectivity index (χ3v) is 2.98. The first-order valence-electron chi connectivity index (χ1n) is 5.16. The molecule has 1 aliphatic carbocycles. The summed E-state index contributed by atoms with van der Waals surface area (Å²) in [6.45, 7) is 4.17. The molecular weight excluding hydrogens is 184 g/mol. The largest absolute Gasteiger partial charge is 0.485 e. The molecule has 0 saturated heterocycles. The van der Waals surface area contributed by atoms with Gasteiger partial charge in [0.25, 0.3) is 0 Å². The van der Waals surface area contributed by atoms with Crippen molar-refractivity contribution in [3.8, 4) is 5.75 Å². The van der Waals surface area contributed by atoms with Crippen LogP contribution in [0.3, 0.4) is 0 Å². The molecule has 0 fully saturated rings. The van der Waals surface area contributed by atoms with Gasteiger partial charge in [0, 0.05) is 11.5 Å². The second-order valence-electron chi connectivity index (χ2n) is 3.90. The van der Waals surface area contributed by atoms with Crippen LogP contribution in [0.5, 0.6) is 5.75 Å². The summed E-state index contributed by atoms with van der Waals surface area (Å²) in [6, 6.07) is 8.09. The quantitative estimate of drug-likeness (QED) is 0.619. The molecule has 3 rings (SSSR count). The molecule has 0 spiro atoms. The van der Waals surface area contributed by atoms with Crippen molar-refractivity contribution in [2.24, 2.45) is 5.92 Å². The average molecular weight is 196 g/mol. The van der Waals surface area contributed by atoms with E-state index in [4.69, 9.17) is 4.74 Å². The summed E-state index contributed by atoms with van der Waals surface area (Å²) in [5.41, 5.74) is 2.29. The Labute approximate surface area is 89.4 Å². The molecular formula is C14H12O. The fraction of sp³-hybridized carbons (Fsp3) is 0.143. The number of fused-ring (bicyclic) bond motifs is 2. The van der Waals surface area contributed by atoms with Gasteiger partial charge in [-0.1, -0.05) is 43.0 Å². The maximum Gasteiger partial charge on any atom is 0.127 e. The van der Waals surface area contributed by atoms with Gasteiger partial charge >= 0.3 is 0 Å². The zero-order chi connectivity index (χ0) is 10.3. The van der Waals surface area contributed by atoms with Crippen molar-refractivity contribution in [2.45, 2.75) is 6.10 Å². The van der Waals surface area contributed by atoms with Crippen molar-refractivity contribution in [1.29, 1.82) is 0 Å². The molecule has 0 bridgehead atoms. The van der Waals surface area contributed by atoms with Gasteiger partial charge in [-0.15, -0.1) is 0 Å². The molecule has 2 atom stereocenters. The average Bonchev–Trinajstić information content (AvgIpc) is 2.30. The fourth-order valence-corrected chi connectivity index (χ4v) is 2.17. The summed E-state index contributed by atoms with van der Waals surface area (Å²) < 4.78 is 5.91. The van der Waals surface area contributed by atoms with Crippen molar-refractivity contribution < 1.29 is 4.74 Å². The summed E-state index contributed by atoms with van der Waals surface area (Å²) in [4.78, 5) is 0. The van der Waals surface area contributed by atoms with E-state index in [1.54, 1.807) is 0 Å². The lowest BCUT2D eigenvalue weighted by atomic mass is 9.84. The van der Waals surface area contributed by atoms with Gasteiger partial charge < -0.3 is 4.74 Å². The molecule has 1 aliphatic heterocycles. The van der Waals surface area contributed by atoms with E-state index in [0.717, 1.165) is 16.9 Å². The van der Waals surface area contributed by atoms with Crippen LogP contribution in [-0.4, -0.2) is 6.10 Å². The molecule has 2 unspecified atom stereocenters. The topological polar surface area (TPSA) is 9.23 Å². The van der Waals surface area contributed by atoms with Crippen LogP contribution in [-0.2, 0) is 0 Å². The normalized spacial score (nSPS) is 26.8. The van der Waals surface area contributed by atoms with Gasteiger partial charge in [0.15, 0.2) is 0 Å². The molecule has 0 aromatic heterocycles. The van der Waals surface area contributed by atoms with E-state index in [-0.39, 0.29) is 6.10 Å². The highest BCUT2D eigenvalue weighted by Crippen LogP contribution is 2.40. The Morgan fingerprint density at radius 2 is 1.87 bits per heavy atom. The van der Waals surface area contributed by atoms with Crippen LogP contribution in [0.2, 0.25) is 0 Å². The Kier molecular flexibility index (Phi) is 1.78. The standard InChI is InChI=1S/C14H12O/c1-10-11-6-2-4-8-13(11)15-14-9-5-3-7-12(10)14/h2-9,11,13H,1H2. The third kappa shape index (κ3) is 1.23. The molecule has 1 heterocycles. The van der Waals surface area contributed by atoms with Crippen molar-refractivity contribution in [3.05, 3.63) is 60.7 Å². The smallest absolute Gasteiger partial charge is 0.127 e. The minimum atomic E-state index is 0.123. The summed E-state index contributed by atoms with van der Waals surface area (Å²) in [5, 5.41) is 0. The molecule has 2 aliphatic rings. The summed E-state index contributed by atoms with van der Waals surface area (Å²) >= 11 is 0. The molecule has 1 aromatic carbocycles. The highest BCUT2D eigenvalue weighted by atomic mass is 16.5. The third-order valence-electron chi connectivity index (χ3n) is 2.98. The lowest BCUT2D eigenvalue weighted by Crippen LogP contribution is -2.29. The number of hydrogen-bond acceptors (Lipinski definition) is 1. The highest BCUT2D eigenvalue weighted by molar-refractivity contribution is 5.74. The van der Waals surface area contributed by atoms with Crippen LogP contribution >= 0.6 is 0 Å². The molecule has 0 radical (unpaired) electrons. The number of benzene rings is 1. The van der Waals surface area contributed by atoms with E-state index in [1.807, 2.05) is 24.3 Å². The van der Waals surface area contributed by atoms with Crippen LogP contribution < -0.4 is 4.74 Å². The van der Waals surface area contributed by atoms with Gasteiger partial charge in [0.1, 0.15) is 11.9 Å². The number of para-hydroxylation sites is 1. The van der Waals surface area contributed by atoms with E-state index in [2.05, 4.69) is 30.9 Å². The number of ether oxygens (including phenoxy) is 1. The maximum atomic E-state index is 5.91. The minimum absolute atomic E-state index is 0.123. The zero-order valence-electron chi connectivity index (χ0n) is 8.39. The van der Waals surface area contributed by atoms with Gasteiger partial charge in [-0.25, -0.2) is 0 Å². The van der Waals surface area contributed by atoms with Gasteiger partial charge in [0.05, 0.1) is 0 Å². The molecule has 1 heteroatoms. The zero-order valence-corrected chi connectivity index (χ0v) is 8.39.